The molecule has 1 unspecified atom stereocenters. The third-order valence-corrected chi connectivity index (χ3v) is 8.05. The number of hydrazone groups is 1. The van der Waals surface area contributed by atoms with Crippen molar-refractivity contribution in [2.24, 2.45) is 5.10 Å². The van der Waals surface area contributed by atoms with Crippen LogP contribution in [0.4, 0.5) is 0 Å². The number of fused-ring (bicyclic) bond motifs is 1. The maximum absolute atomic E-state index is 13.3. The number of methoxy groups -OCH3 is 1. The number of hydrogen-bond acceptors (Lipinski definition) is 6. The molecule has 1 aliphatic rings. The number of amides is 1. The fraction of sp³-hybridized carbons (Fsp3) is 0.167. The predicted octanol–water partition coefficient (Wildman–Crippen LogP) is 7.17. The molecule has 198 valence electrons. The minimum atomic E-state index is -0.539. The summed E-state index contributed by atoms with van der Waals surface area (Å²) in [6.07, 6.45) is 0.521. The van der Waals surface area contributed by atoms with Crippen LogP contribution in [0.3, 0.4) is 0 Å². The van der Waals surface area contributed by atoms with E-state index in [4.69, 9.17) is 37.8 Å². The summed E-state index contributed by atoms with van der Waals surface area (Å²) in [5, 5.41) is 9.34. The van der Waals surface area contributed by atoms with E-state index in [1.54, 1.807) is 25.3 Å². The predicted molar refractivity (Wildman–Crippen MR) is 156 cm³/mol. The minimum absolute atomic E-state index is 0.0130. The summed E-state index contributed by atoms with van der Waals surface area (Å²) < 4.78 is 10.6. The second-order valence-electron chi connectivity index (χ2n) is 8.86. The number of thioether (sulfide) groups is 1. The number of ether oxygens (including phenoxy) is 2. The van der Waals surface area contributed by atoms with E-state index < -0.39 is 18.5 Å². The third kappa shape index (κ3) is 6.38. The van der Waals surface area contributed by atoms with Crippen molar-refractivity contribution in [2.75, 3.05) is 19.5 Å². The molecule has 0 aliphatic carbocycles. The standard InChI is InChI=1S/C30H24Cl2N2O4S/c1-37-24-11-8-20(9-12-24)27-16-26(22-7-6-19-4-2-3-5-21(19)14-22)33-34(27)29(35)17-38-30(36)18-39-28-15-23(31)10-13-25(28)32/h2-15,27H,16-18H2,1H3. The number of carbonyl (C=O) groups excluding carboxylic acids is 2. The van der Waals surface area contributed by atoms with Gasteiger partial charge >= 0.3 is 5.97 Å². The van der Waals surface area contributed by atoms with E-state index in [2.05, 4.69) is 12.1 Å². The van der Waals surface area contributed by atoms with Crippen molar-refractivity contribution in [3.63, 3.8) is 0 Å². The van der Waals surface area contributed by atoms with E-state index in [1.165, 1.54) is 16.8 Å². The smallest absolute Gasteiger partial charge is 0.316 e. The Bertz CT molecular complexity index is 1560. The summed E-state index contributed by atoms with van der Waals surface area (Å²) in [6, 6.07) is 26.4. The van der Waals surface area contributed by atoms with Crippen molar-refractivity contribution < 1.29 is 19.1 Å². The lowest BCUT2D eigenvalue weighted by molar-refractivity contribution is -0.150. The highest BCUT2D eigenvalue weighted by molar-refractivity contribution is 8.00. The van der Waals surface area contributed by atoms with Crippen LogP contribution in [0.2, 0.25) is 10.0 Å². The highest BCUT2D eigenvalue weighted by Crippen LogP contribution is 2.34. The van der Waals surface area contributed by atoms with Crippen LogP contribution < -0.4 is 4.74 Å². The van der Waals surface area contributed by atoms with E-state index in [0.29, 0.717) is 21.4 Å². The molecular formula is C30H24Cl2N2O4S. The SMILES string of the molecule is COc1ccc(C2CC(c3ccc4ccccc4c3)=NN2C(=O)COC(=O)CSc2cc(Cl)ccc2Cl)cc1. The average Bonchev–Trinajstić information content (AvgIpc) is 3.42. The van der Waals surface area contributed by atoms with Crippen LogP contribution in [0.5, 0.6) is 5.75 Å². The van der Waals surface area contributed by atoms with Gasteiger partial charge in [0, 0.05) is 16.3 Å². The molecule has 0 saturated carbocycles. The number of halogens is 2. The molecule has 0 N–H and O–H groups in total. The van der Waals surface area contributed by atoms with E-state index in [-0.39, 0.29) is 11.8 Å². The maximum atomic E-state index is 13.3. The molecule has 5 rings (SSSR count). The van der Waals surface area contributed by atoms with Gasteiger partial charge in [-0.3, -0.25) is 9.59 Å². The van der Waals surface area contributed by atoms with Gasteiger partial charge in [0.15, 0.2) is 6.61 Å². The quantitative estimate of drug-likeness (QED) is 0.164. The Labute approximate surface area is 240 Å². The number of benzene rings is 4. The van der Waals surface area contributed by atoms with Crippen LogP contribution in [-0.2, 0) is 14.3 Å². The van der Waals surface area contributed by atoms with Gasteiger partial charge in [-0.05, 0) is 58.3 Å². The molecule has 1 amide bonds. The monoisotopic (exact) mass is 578 g/mol. The summed E-state index contributed by atoms with van der Waals surface area (Å²) in [4.78, 5) is 26.4. The fourth-order valence-corrected chi connectivity index (χ4v) is 5.63. The van der Waals surface area contributed by atoms with Crippen LogP contribution >= 0.6 is 35.0 Å². The lowest BCUT2D eigenvalue weighted by Gasteiger charge is -2.22. The van der Waals surface area contributed by atoms with Crippen molar-refractivity contribution in [1.82, 2.24) is 5.01 Å². The molecule has 9 heteroatoms. The number of nitrogens with zero attached hydrogens (tertiary/aromatic N) is 2. The zero-order valence-electron chi connectivity index (χ0n) is 21.0. The highest BCUT2D eigenvalue weighted by atomic mass is 35.5. The molecule has 0 radical (unpaired) electrons. The van der Waals surface area contributed by atoms with Crippen molar-refractivity contribution >= 4 is 63.3 Å². The van der Waals surface area contributed by atoms with Crippen LogP contribution in [-0.4, -0.2) is 42.1 Å². The minimum Gasteiger partial charge on any atom is -0.497 e. The van der Waals surface area contributed by atoms with Gasteiger partial charge in [0.05, 0.1) is 29.6 Å². The average molecular weight is 580 g/mol. The first kappa shape index (κ1) is 27.1. The van der Waals surface area contributed by atoms with Crippen LogP contribution in [0.25, 0.3) is 10.8 Å². The lowest BCUT2D eigenvalue weighted by Crippen LogP contribution is -2.31. The first-order valence-corrected chi connectivity index (χ1v) is 13.9. The first-order chi connectivity index (χ1) is 18.9. The van der Waals surface area contributed by atoms with Crippen molar-refractivity contribution in [1.29, 1.82) is 0 Å². The number of carbonyl (C=O) groups is 2. The Hall–Kier alpha value is -3.52. The van der Waals surface area contributed by atoms with Crippen LogP contribution in [0, 0.1) is 0 Å². The topological polar surface area (TPSA) is 68.2 Å². The van der Waals surface area contributed by atoms with Crippen LogP contribution in [0.15, 0.2) is 94.9 Å². The summed E-state index contributed by atoms with van der Waals surface area (Å²) in [6.45, 7) is -0.427. The zero-order chi connectivity index (χ0) is 27.4. The van der Waals surface area contributed by atoms with E-state index in [0.717, 1.165) is 33.4 Å². The van der Waals surface area contributed by atoms with Gasteiger partial charge < -0.3 is 9.47 Å². The van der Waals surface area contributed by atoms with Crippen molar-refractivity contribution in [2.45, 2.75) is 17.4 Å². The van der Waals surface area contributed by atoms with Gasteiger partial charge in [-0.15, -0.1) is 11.8 Å². The molecule has 4 aromatic rings. The molecule has 39 heavy (non-hydrogen) atoms. The van der Waals surface area contributed by atoms with Gasteiger partial charge in [0.1, 0.15) is 5.75 Å². The Kier molecular flexibility index (Phi) is 8.41. The summed E-state index contributed by atoms with van der Waals surface area (Å²) in [5.41, 5.74) is 2.63. The second kappa shape index (κ2) is 12.1. The molecule has 0 saturated heterocycles. The third-order valence-electron chi connectivity index (χ3n) is 6.34. The van der Waals surface area contributed by atoms with E-state index in [9.17, 15) is 9.59 Å². The molecule has 4 aromatic carbocycles. The van der Waals surface area contributed by atoms with Crippen molar-refractivity contribution in [3.8, 4) is 5.75 Å². The van der Waals surface area contributed by atoms with Gasteiger partial charge in [0.2, 0.25) is 0 Å². The number of hydrogen-bond donors (Lipinski definition) is 0. The summed E-state index contributed by atoms with van der Waals surface area (Å²) >= 11 is 13.4. The molecule has 0 fully saturated rings. The van der Waals surface area contributed by atoms with Gasteiger partial charge in [-0.25, -0.2) is 5.01 Å². The van der Waals surface area contributed by atoms with Gasteiger partial charge in [0.25, 0.3) is 5.91 Å². The first-order valence-electron chi connectivity index (χ1n) is 12.2. The summed E-state index contributed by atoms with van der Waals surface area (Å²) in [7, 11) is 1.61. The highest BCUT2D eigenvalue weighted by Gasteiger charge is 2.33. The van der Waals surface area contributed by atoms with E-state index >= 15 is 0 Å². The Balaban J connectivity index is 1.32. The molecule has 0 spiro atoms. The normalized spacial score (nSPS) is 14.8. The second-order valence-corrected chi connectivity index (χ2v) is 10.7. The van der Waals surface area contributed by atoms with Crippen molar-refractivity contribution in [3.05, 3.63) is 106 Å². The fourth-order valence-electron chi connectivity index (χ4n) is 4.34. The Morgan fingerprint density at radius 1 is 0.974 bits per heavy atom. The van der Waals surface area contributed by atoms with Gasteiger partial charge in [-0.1, -0.05) is 71.7 Å². The molecule has 1 aliphatic heterocycles. The van der Waals surface area contributed by atoms with E-state index in [1.807, 2.05) is 54.6 Å². The zero-order valence-corrected chi connectivity index (χ0v) is 23.3. The molecule has 0 aromatic heterocycles. The molecule has 6 nitrogen and oxygen atoms in total. The number of rotatable bonds is 8. The maximum Gasteiger partial charge on any atom is 0.316 e. The lowest BCUT2D eigenvalue weighted by atomic mass is 9.97. The largest absolute Gasteiger partial charge is 0.497 e. The molecule has 1 atom stereocenters. The molecule has 0 bridgehead atoms. The molecule has 1 heterocycles. The Morgan fingerprint density at radius 2 is 1.74 bits per heavy atom. The van der Waals surface area contributed by atoms with Gasteiger partial charge in [-0.2, -0.15) is 5.10 Å². The molecular weight excluding hydrogens is 555 g/mol. The summed E-state index contributed by atoms with van der Waals surface area (Å²) in [5.74, 6) is -0.244. The number of esters is 1. The Morgan fingerprint density at radius 3 is 2.51 bits per heavy atom. The van der Waals surface area contributed by atoms with Crippen LogP contribution in [0.1, 0.15) is 23.6 Å².